The summed E-state index contributed by atoms with van der Waals surface area (Å²) in [7, 11) is 0. The maximum atomic E-state index is 11.9. The zero-order chi connectivity index (χ0) is 13.8. The number of carbonyl (C=O) groups is 1. The lowest BCUT2D eigenvalue weighted by Gasteiger charge is -2.23. The van der Waals surface area contributed by atoms with Gasteiger partial charge in [-0.2, -0.15) is 0 Å². The number of benzene rings is 1. The highest BCUT2D eigenvalue weighted by atomic mass is 35.5. The molecule has 0 fully saturated rings. The van der Waals surface area contributed by atoms with Crippen molar-refractivity contribution in [1.29, 1.82) is 0 Å². The van der Waals surface area contributed by atoms with Gasteiger partial charge in [-0.1, -0.05) is 23.7 Å². The van der Waals surface area contributed by atoms with Crippen LogP contribution in [0.5, 0.6) is 0 Å². The Morgan fingerprint density at radius 1 is 1.44 bits per heavy atom. The number of rotatable bonds is 4. The summed E-state index contributed by atoms with van der Waals surface area (Å²) in [5.74, 6) is 0.869. The number of halogens is 1. The van der Waals surface area contributed by atoms with Crippen molar-refractivity contribution in [2.45, 2.75) is 44.2 Å². The lowest BCUT2D eigenvalue weighted by atomic mass is 10.1. The Kier molecular flexibility index (Phi) is 5.54. The highest BCUT2D eigenvalue weighted by Crippen LogP contribution is 2.20. The van der Waals surface area contributed by atoms with E-state index in [0.717, 1.165) is 16.3 Å². The molecule has 1 atom stereocenters. The summed E-state index contributed by atoms with van der Waals surface area (Å²) in [6.45, 7) is 7.88. The van der Waals surface area contributed by atoms with Gasteiger partial charge >= 0.3 is 0 Å². The van der Waals surface area contributed by atoms with Crippen molar-refractivity contribution >= 4 is 29.3 Å². The van der Waals surface area contributed by atoms with Gasteiger partial charge < -0.3 is 5.32 Å². The fourth-order valence-corrected chi connectivity index (χ4v) is 2.44. The monoisotopic (exact) mass is 285 g/mol. The summed E-state index contributed by atoms with van der Waals surface area (Å²) in [6.07, 6.45) is 0. The average Bonchev–Trinajstić information content (AvgIpc) is 2.23. The quantitative estimate of drug-likeness (QED) is 0.910. The van der Waals surface area contributed by atoms with Crippen LogP contribution < -0.4 is 5.32 Å². The molecule has 1 aromatic carbocycles. The van der Waals surface area contributed by atoms with Crippen molar-refractivity contribution in [2.75, 3.05) is 0 Å². The minimum Gasteiger partial charge on any atom is -0.351 e. The smallest absolute Gasteiger partial charge is 0.233 e. The number of nitrogens with one attached hydrogen (secondary N) is 1. The Labute approximate surface area is 118 Å². The molecular formula is C14H20ClNOS. The molecule has 0 aliphatic carbocycles. The van der Waals surface area contributed by atoms with Crippen LogP contribution in [0.25, 0.3) is 0 Å². The third-order valence-electron chi connectivity index (χ3n) is 2.26. The van der Waals surface area contributed by atoms with Gasteiger partial charge in [0.05, 0.1) is 5.25 Å². The standard InChI is InChI=1S/C14H20ClNOS/c1-10(13(17)16-14(2,3)4)18-9-11-6-5-7-12(15)8-11/h5-8,10H,9H2,1-4H3,(H,16,17). The first kappa shape index (κ1) is 15.4. The fourth-order valence-electron chi connectivity index (χ4n) is 1.39. The summed E-state index contributed by atoms with van der Waals surface area (Å²) in [4.78, 5) is 11.9. The molecule has 0 aliphatic rings. The Balaban J connectivity index is 2.46. The number of hydrogen-bond acceptors (Lipinski definition) is 2. The van der Waals surface area contributed by atoms with E-state index in [0.29, 0.717) is 0 Å². The molecule has 4 heteroatoms. The maximum Gasteiger partial charge on any atom is 0.233 e. The molecule has 18 heavy (non-hydrogen) atoms. The largest absolute Gasteiger partial charge is 0.351 e. The molecule has 0 aromatic heterocycles. The van der Waals surface area contributed by atoms with Crippen molar-refractivity contribution < 1.29 is 4.79 Å². The molecule has 0 spiro atoms. The van der Waals surface area contributed by atoms with Crippen molar-refractivity contribution in [2.24, 2.45) is 0 Å². The second-order valence-corrected chi connectivity index (χ2v) is 7.09. The van der Waals surface area contributed by atoms with Crippen LogP contribution in [-0.4, -0.2) is 16.7 Å². The average molecular weight is 286 g/mol. The molecule has 1 amide bonds. The summed E-state index contributed by atoms with van der Waals surface area (Å²) < 4.78 is 0. The topological polar surface area (TPSA) is 29.1 Å². The lowest BCUT2D eigenvalue weighted by molar-refractivity contribution is -0.121. The summed E-state index contributed by atoms with van der Waals surface area (Å²) in [6, 6.07) is 7.74. The van der Waals surface area contributed by atoms with Crippen LogP contribution in [-0.2, 0) is 10.5 Å². The lowest BCUT2D eigenvalue weighted by Crippen LogP contribution is -2.44. The van der Waals surface area contributed by atoms with Crippen molar-refractivity contribution in [3.8, 4) is 0 Å². The van der Waals surface area contributed by atoms with Crippen LogP contribution in [0.15, 0.2) is 24.3 Å². The van der Waals surface area contributed by atoms with Crippen molar-refractivity contribution in [1.82, 2.24) is 5.32 Å². The molecule has 0 heterocycles. The van der Waals surface area contributed by atoms with E-state index < -0.39 is 0 Å². The molecule has 0 aliphatic heterocycles. The highest BCUT2D eigenvalue weighted by molar-refractivity contribution is 7.99. The first-order valence-electron chi connectivity index (χ1n) is 5.96. The van der Waals surface area contributed by atoms with Crippen LogP contribution in [0.4, 0.5) is 0 Å². The van der Waals surface area contributed by atoms with E-state index in [4.69, 9.17) is 11.6 Å². The van der Waals surface area contributed by atoms with Gasteiger partial charge in [-0.15, -0.1) is 11.8 Å². The highest BCUT2D eigenvalue weighted by Gasteiger charge is 2.19. The van der Waals surface area contributed by atoms with Gasteiger partial charge in [-0.25, -0.2) is 0 Å². The third kappa shape index (κ3) is 5.78. The maximum absolute atomic E-state index is 11.9. The van der Waals surface area contributed by atoms with E-state index in [9.17, 15) is 4.79 Å². The Bertz CT molecular complexity index is 415. The van der Waals surface area contributed by atoms with Gasteiger partial charge in [0.2, 0.25) is 5.91 Å². The van der Waals surface area contributed by atoms with E-state index in [1.54, 1.807) is 11.8 Å². The Hall–Kier alpha value is -0.670. The van der Waals surface area contributed by atoms with Crippen LogP contribution in [0.2, 0.25) is 5.02 Å². The SMILES string of the molecule is CC(SCc1cccc(Cl)c1)C(=O)NC(C)(C)C. The Morgan fingerprint density at radius 2 is 2.11 bits per heavy atom. The molecule has 2 nitrogen and oxygen atoms in total. The van der Waals surface area contributed by atoms with Crippen LogP contribution in [0.1, 0.15) is 33.3 Å². The fraction of sp³-hybridized carbons (Fsp3) is 0.500. The number of hydrogen-bond donors (Lipinski definition) is 1. The minimum atomic E-state index is -0.179. The predicted molar refractivity (Wildman–Crippen MR) is 80.1 cm³/mol. The van der Waals surface area contributed by atoms with Crippen LogP contribution in [0.3, 0.4) is 0 Å². The molecule has 0 radical (unpaired) electrons. The van der Waals surface area contributed by atoms with E-state index in [1.165, 1.54) is 0 Å². The Morgan fingerprint density at radius 3 is 2.67 bits per heavy atom. The molecule has 0 bridgehead atoms. The van der Waals surface area contributed by atoms with Gasteiger partial charge in [-0.3, -0.25) is 4.79 Å². The predicted octanol–water partition coefficient (Wildman–Crippen LogP) is 3.88. The van der Waals surface area contributed by atoms with Crippen molar-refractivity contribution in [3.63, 3.8) is 0 Å². The molecular weight excluding hydrogens is 266 g/mol. The summed E-state index contributed by atoms with van der Waals surface area (Å²) in [5, 5.41) is 3.65. The van der Waals surface area contributed by atoms with Crippen LogP contribution >= 0.6 is 23.4 Å². The van der Waals surface area contributed by atoms with E-state index in [-0.39, 0.29) is 16.7 Å². The number of amides is 1. The third-order valence-corrected chi connectivity index (χ3v) is 3.71. The molecule has 1 aromatic rings. The van der Waals surface area contributed by atoms with E-state index in [2.05, 4.69) is 5.32 Å². The molecule has 1 unspecified atom stereocenters. The van der Waals surface area contributed by atoms with Crippen molar-refractivity contribution in [3.05, 3.63) is 34.9 Å². The second kappa shape index (κ2) is 6.48. The minimum absolute atomic E-state index is 0.0665. The molecule has 1 N–H and O–H groups in total. The zero-order valence-corrected chi connectivity index (χ0v) is 12.9. The molecule has 1 rings (SSSR count). The van der Waals surface area contributed by atoms with Gasteiger partial charge in [-0.05, 0) is 45.4 Å². The number of thioether (sulfide) groups is 1. The van der Waals surface area contributed by atoms with Gasteiger partial charge in [0, 0.05) is 16.3 Å². The van der Waals surface area contributed by atoms with E-state index in [1.807, 2.05) is 52.0 Å². The second-order valence-electron chi connectivity index (χ2n) is 5.32. The number of carbonyl (C=O) groups excluding carboxylic acids is 1. The summed E-state index contributed by atoms with van der Waals surface area (Å²) in [5.41, 5.74) is 0.963. The summed E-state index contributed by atoms with van der Waals surface area (Å²) >= 11 is 7.54. The van der Waals surface area contributed by atoms with Gasteiger partial charge in [0.1, 0.15) is 0 Å². The molecule has 0 saturated heterocycles. The van der Waals surface area contributed by atoms with E-state index >= 15 is 0 Å². The van der Waals surface area contributed by atoms with Gasteiger partial charge in [0.15, 0.2) is 0 Å². The van der Waals surface area contributed by atoms with Gasteiger partial charge in [0.25, 0.3) is 0 Å². The first-order chi connectivity index (χ1) is 8.28. The zero-order valence-electron chi connectivity index (χ0n) is 11.3. The van der Waals surface area contributed by atoms with Crippen LogP contribution in [0, 0.1) is 0 Å². The first-order valence-corrected chi connectivity index (χ1v) is 7.39. The molecule has 0 saturated carbocycles. The normalized spacial score (nSPS) is 13.2. The molecule has 100 valence electrons.